The van der Waals surface area contributed by atoms with Crippen LogP contribution < -0.4 is 5.32 Å². The topological polar surface area (TPSA) is 85.3 Å². The number of halogens is 3. The zero-order chi connectivity index (χ0) is 27.7. The quantitative estimate of drug-likeness (QED) is 0.517. The van der Waals surface area contributed by atoms with Crippen molar-refractivity contribution in [1.29, 1.82) is 0 Å². The van der Waals surface area contributed by atoms with Gasteiger partial charge in [-0.2, -0.15) is 13.5 Å². The summed E-state index contributed by atoms with van der Waals surface area (Å²) in [6.07, 6.45) is 1.60. The largest absolute Gasteiger partial charge is 0.380 e. The Morgan fingerprint density at radius 2 is 1.65 bits per heavy atom. The summed E-state index contributed by atoms with van der Waals surface area (Å²) in [6.45, 7) is 6.21. The fraction of sp³-hybridized carbons (Fsp3) is 0.500. The van der Waals surface area contributed by atoms with Crippen LogP contribution in [0, 0.1) is 5.82 Å². The molecule has 3 fully saturated rings. The smallest absolute Gasteiger partial charge is 0.258 e. The number of carbonyl (C=O) groups excluding carboxylic acids is 2. The third-order valence-electron chi connectivity index (χ3n) is 7.91. The molecule has 5 rings (SSSR count). The lowest BCUT2D eigenvalue weighted by atomic mass is 9.92. The number of likely N-dealkylation sites (tertiary alicyclic amines) is 2. The number of rotatable bonds is 6. The van der Waals surface area contributed by atoms with Gasteiger partial charge in [0.05, 0.1) is 34.9 Å². The van der Waals surface area contributed by atoms with Crippen molar-refractivity contribution >= 4 is 54.2 Å². The maximum absolute atomic E-state index is 13.6. The van der Waals surface area contributed by atoms with Gasteiger partial charge in [-0.1, -0.05) is 35.3 Å². The number of nitrogens with one attached hydrogen (secondary N) is 1. The van der Waals surface area contributed by atoms with E-state index in [1.54, 1.807) is 28.0 Å². The van der Waals surface area contributed by atoms with E-state index in [9.17, 15) is 19.1 Å². The van der Waals surface area contributed by atoms with Crippen LogP contribution in [0.4, 0.5) is 10.1 Å². The Kier molecular flexibility index (Phi) is 9.91. The maximum Gasteiger partial charge on any atom is 0.258 e. The van der Waals surface area contributed by atoms with Crippen molar-refractivity contribution in [2.24, 2.45) is 0 Å². The van der Waals surface area contributed by atoms with Crippen molar-refractivity contribution in [3.05, 3.63) is 63.4 Å². The van der Waals surface area contributed by atoms with E-state index in [0.29, 0.717) is 61.0 Å². The van der Waals surface area contributed by atoms with Gasteiger partial charge in [-0.25, -0.2) is 4.39 Å². The fourth-order valence-electron chi connectivity index (χ4n) is 5.58. The number of anilines is 1. The molecule has 0 unspecified atom stereocenters. The molecule has 0 spiro atoms. The molecule has 40 heavy (non-hydrogen) atoms. The first-order valence-electron chi connectivity index (χ1n) is 13.3. The van der Waals surface area contributed by atoms with Crippen LogP contribution in [0.5, 0.6) is 0 Å². The number of hydrogen-bond donors (Lipinski definition) is 2. The zero-order valence-electron chi connectivity index (χ0n) is 22.3. The fourth-order valence-corrected chi connectivity index (χ4v) is 6.23. The molecule has 2 amide bonds. The molecule has 3 heterocycles. The number of morpholine rings is 1. The van der Waals surface area contributed by atoms with E-state index < -0.39 is 17.3 Å². The molecular formula is C28H35Cl2FN4O4S. The number of nitrogens with zero attached hydrogens (tertiary/aromatic N) is 3. The van der Waals surface area contributed by atoms with Crippen LogP contribution in [0.25, 0.3) is 0 Å². The Balaban J connectivity index is 0.00000370. The molecular weight excluding hydrogens is 578 g/mol. The summed E-state index contributed by atoms with van der Waals surface area (Å²) in [6, 6.07) is 9.60. The van der Waals surface area contributed by atoms with Crippen molar-refractivity contribution in [2.75, 3.05) is 57.8 Å². The lowest BCUT2D eigenvalue weighted by molar-refractivity contribution is -0.152. The number of ether oxygens (including phenoxy) is 1. The summed E-state index contributed by atoms with van der Waals surface area (Å²) in [4.78, 5) is 31.7. The number of piperidine rings is 1. The molecule has 0 aromatic heterocycles. The third-order valence-corrected chi connectivity index (χ3v) is 8.50. The number of hydrogen-bond acceptors (Lipinski definition) is 6. The first-order valence-corrected chi connectivity index (χ1v) is 14.0. The van der Waals surface area contributed by atoms with E-state index in [4.69, 9.17) is 27.9 Å². The van der Waals surface area contributed by atoms with E-state index >= 15 is 0 Å². The van der Waals surface area contributed by atoms with Crippen LogP contribution >= 0.6 is 36.7 Å². The molecule has 3 aliphatic heterocycles. The van der Waals surface area contributed by atoms with Crippen molar-refractivity contribution < 1.29 is 23.8 Å². The van der Waals surface area contributed by atoms with Gasteiger partial charge in [0.25, 0.3) is 11.8 Å². The Morgan fingerprint density at radius 3 is 2.25 bits per heavy atom. The standard InChI is InChI=1S/C28H33Cl2FN4O4.H2S/c1-28(38,18-3-2-4-19(31)13-18)27(37)34-7-5-22(6-8-34)35-16-21(17-35)32-20-14-23(29)25(24(30)15-20)26(36)33-9-11-39-12-10-33;/h2-4,13-15,21-22,32,38H,5-12,16-17H2,1H3;1H2/t28-;/m0./s1. The summed E-state index contributed by atoms with van der Waals surface area (Å²) in [5.74, 6) is -1.07. The second-order valence-corrected chi connectivity index (χ2v) is 11.4. The molecule has 8 nitrogen and oxygen atoms in total. The first-order chi connectivity index (χ1) is 18.6. The lowest BCUT2D eigenvalue weighted by Gasteiger charge is -2.48. The molecule has 2 aromatic carbocycles. The highest BCUT2D eigenvalue weighted by Gasteiger charge is 2.40. The zero-order valence-corrected chi connectivity index (χ0v) is 24.8. The molecule has 218 valence electrons. The summed E-state index contributed by atoms with van der Waals surface area (Å²) in [5, 5.41) is 15.0. The molecule has 0 radical (unpaired) electrons. The summed E-state index contributed by atoms with van der Waals surface area (Å²) in [7, 11) is 0. The number of aliphatic hydroxyl groups is 1. The second kappa shape index (κ2) is 12.8. The predicted molar refractivity (Wildman–Crippen MR) is 158 cm³/mol. The SMILES string of the molecule is C[C@@](O)(C(=O)N1CCC(N2CC(Nc3cc(Cl)c(C(=O)N4CCOCC4)c(Cl)c3)C2)CC1)c1cccc(F)c1.S. The first kappa shape index (κ1) is 30.9. The Morgan fingerprint density at radius 1 is 1.02 bits per heavy atom. The normalized spacial score (nSPS) is 20.3. The molecule has 12 heteroatoms. The predicted octanol–water partition coefficient (Wildman–Crippen LogP) is 3.71. The highest BCUT2D eigenvalue weighted by Crippen LogP contribution is 2.33. The van der Waals surface area contributed by atoms with E-state index in [-0.39, 0.29) is 31.0 Å². The Bertz CT molecular complexity index is 1210. The minimum atomic E-state index is -1.77. The lowest BCUT2D eigenvalue weighted by Crippen LogP contribution is -2.61. The number of amides is 2. The van der Waals surface area contributed by atoms with Crippen LogP contribution in [-0.2, 0) is 15.1 Å². The van der Waals surface area contributed by atoms with Gasteiger partial charge in [0.1, 0.15) is 5.82 Å². The van der Waals surface area contributed by atoms with Gasteiger partial charge in [-0.15, -0.1) is 0 Å². The Labute approximate surface area is 250 Å². The summed E-state index contributed by atoms with van der Waals surface area (Å²) >= 11 is 13.0. The van der Waals surface area contributed by atoms with E-state index in [1.807, 2.05) is 0 Å². The number of benzene rings is 2. The van der Waals surface area contributed by atoms with Crippen LogP contribution in [-0.4, -0.2) is 96.2 Å². The van der Waals surface area contributed by atoms with Gasteiger partial charge >= 0.3 is 0 Å². The molecule has 1 atom stereocenters. The summed E-state index contributed by atoms with van der Waals surface area (Å²) < 4.78 is 19.0. The highest BCUT2D eigenvalue weighted by molar-refractivity contribution is 7.59. The maximum atomic E-state index is 13.6. The molecule has 3 aliphatic rings. The van der Waals surface area contributed by atoms with Crippen LogP contribution in [0.15, 0.2) is 36.4 Å². The van der Waals surface area contributed by atoms with Crippen molar-refractivity contribution in [1.82, 2.24) is 14.7 Å². The highest BCUT2D eigenvalue weighted by atomic mass is 35.5. The van der Waals surface area contributed by atoms with Gasteiger partial charge in [-0.05, 0) is 49.6 Å². The molecule has 0 saturated carbocycles. The molecule has 2 aromatic rings. The van der Waals surface area contributed by atoms with Crippen molar-refractivity contribution in [3.8, 4) is 0 Å². The molecule has 0 bridgehead atoms. The van der Waals surface area contributed by atoms with E-state index in [1.165, 1.54) is 25.1 Å². The van der Waals surface area contributed by atoms with Gasteiger partial charge < -0.3 is 25.0 Å². The average Bonchev–Trinajstić information content (AvgIpc) is 2.90. The van der Waals surface area contributed by atoms with Crippen LogP contribution in [0.1, 0.15) is 35.7 Å². The van der Waals surface area contributed by atoms with E-state index in [2.05, 4.69) is 10.2 Å². The molecule has 2 N–H and O–H groups in total. The second-order valence-electron chi connectivity index (χ2n) is 10.6. The average molecular weight is 614 g/mol. The van der Waals surface area contributed by atoms with Crippen LogP contribution in [0.2, 0.25) is 10.0 Å². The van der Waals surface area contributed by atoms with Gasteiger partial charge in [0.2, 0.25) is 0 Å². The van der Waals surface area contributed by atoms with Gasteiger partial charge in [0.15, 0.2) is 5.60 Å². The minimum Gasteiger partial charge on any atom is -0.380 e. The van der Waals surface area contributed by atoms with Crippen molar-refractivity contribution in [3.63, 3.8) is 0 Å². The van der Waals surface area contributed by atoms with Crippen molar-refractivity contribution in [2.45, 2.75) is 37.5 Å². The summed E-state index contributed by atoms with van der Waals surface area (Å²) in [5.41, 5.74) is -0.428. The molecule has 3 saturated heterocycles. The van der Waals surface area contributed by atoms with Gasteiger partial charge in [-0.3, -0.25) is 14.5 Å². The monoisotopic (exact) mass is 612 g/mol. The number of carbonyl (C=O) groups is 2. The minimum absolute atomic E-state index is 0. The molecule has 0 aliphatic carbocycles. The Hall–Kier alpha value is -2.08. The van der Waals surface area contributed by atoms with Gasteiger partial charge in [0, 0.05) is 51.0 Å². The third kappa shape index (κ3) is 6.53. The van der Waals surface area contributed by atoms with Crippen LogP contribution in [0.3, 0.4) is 0 Å². The van der Waals surface area contributed by atoms with E-state index in [0.717, 1.165) is 31.6 Å².